The molecule has 0 radical (unpaired) electrons. The third-order valence-corrected chi connectivity index (χ3v) is 3.72. The lowest BCUT2D eigenvalue weighted by Crippen LogP contribution is -2.23. The van der Waals surface area contributed by atoms with Crippen molar-refractivity contribution in [1.29, 1.82) is 0 Å². The molecule has 108 valence electrons. The monoisotopic (exact) mass is 303 g/mol. The fourth-order valence-electron chi connectivity index (χ4n) is 1.67. The average molecular weight is 304 g/mol. The van der Waals surface area contributed by atoms with Gasteiger partial charge in [0, 0.05) is 19.2 Å². The highest BCUT2D eigenvalue weighted by molar-refractivity contribution is 6.42. The Balaban J connectivity index is 2.23. The number of ether oxygens (including phenoxy) is 1. The fourth-order valence-corrected chi connectivity index (χ4v) is 1.97. The van der Waals surface area contributed by atoms with Crippen LogP contribution < -0.4 is 5.32 Å². The van der Waals surface area contributed by atoms with Gasteiger partial charge >= 0.3 is 0 Å². The molecule has 1 rings (SSSR count). The topological polar surface area (TPSA) is 21.3 Å². The second-order valence-electron chi connectivity index (χ2n) is 5.14. The smallest absolute Gasteiger partial charge is 0.0595 e. The van der Waals surface area contributed by atoms with Crippen LogP contribution in [0.25, 0.3) is 0 Å². The summed E-state index contributed by atoms with van der Waals surface area (Å²) < 4.78 is 5.56. The van der Waals surface area contributed by atoms with Gasteiger partial charge in [-0.3, -0.25) is 0 Å². The minimum Gasteiger partial charge on any atom is -0.380 e. The second kappa shape index (κ2) is 8.80. The summed E-state index contributed by atoms with van der Waals surface area (Å²) in [7, 11) is 0. The van der Waals surface area contributed by atoms with E-state index in [1.165, 1.54) is 0 Å². The third kappa shape index (κ3) is 6.62. The Morgan fingerprint density at radius 1 is 1.11 bits per heavy atom. The quantitative estimate of drug-likeness (QED) is 0.702. The number of rotatable bonds is 8. The molecule has 0 aliphatic heterocycles. The van der Waals surface area contributed by atoms with Crippen molar-refractivity contribution in [2.75, 3.05) is 19.8 Å². The van der Waals surface area contributed by atoms with Gasteiger partial charge in [-0.25, -0.2) is 0 Å². The van der Waals surface area contributed by atoms with Crippen LogP contribution in [0, 0.1) is 5.92 Å². The van der Waals surface area contributed by atoms with E-state index >= 15 is 0 Å². The van der Waals surface area contributed by atoms with Crippen molar-refractivity contribution in [3.63, 3.8) is 0 Å². The first-order valence-corrected chi connectivity index (χ1v) is 7.52. The van der Waals surface area contributed by atoms with Crippen molar-refractivity contribution >= 4 is 23.2 Å². The van der Waals surface area contributed by atoms with E-state index in [0.29, 0.717) is 16.0 Å². The van der Waals surface area contributed by atoms with Crippen molar-refractivity contribution in [2.45, 2.75) is 33.2 Å². The van der Waals surface area contributed by atoms with Gasteiger partial charge in [-0.15, -0.1) is 0 Å². The molecular formula is C15H23Cl2NO. The van der Waals surface area contributed by atoms with Gasteiger partial charge in [0.25, 0.3) is 0 Å². The van der Waals surface area contributed by atoms with Gasteiger partial charge in [-0.2, -0.15) is 0 Å². The van der Waals surface area contributed by atoms with Crippen LogP contribution in [0.3, 0.4) is 0 Å². The summed E-state index contributed by atoms with van der Waals surface area (Å²) in [6.45, 7) is 8.91. The zero-order chi connectivity index (χ0) is 14.3. The molecule has 0 fully saturated rings. The van der Waals surface area contributed by atoms with Crippen LogP contribution >= 0.6 is 23.2 Å². The molecule has 19 heavy (non-hydrogen) atoms. The lowest BCUT2D eigenvalue weighted by Gasteiger charge is -2.15. The standard InChI is InChI=1S/C15H23Cl2NO/c1-11(2)6-8-19-9-7-18-12(3)13-4-5-14(16)15(17)10-13/h4-5,10-12,18H,6-9H2,1-3H3. The highest BCUT2D eigenvalue weighted by Crippen LogP contribution is 2.25. The molecule has 1 aromatic carbocycles. The Hall–Kier alpha value is -0.280. The van der Waals surface area contributed by atoms with Gasteiger partial charge < -0.3 is 10.1 Å². The average Bonchev–Trinajstić information content (AvgIpc) is 2.36. The van der Waals surface area contributed by atoms with E-state index in [9.17, 15) is 0 Å². The van der Waals surface area contributed by atoms with Crippen LogP contribution in [-0.4, -0.2) is 19.8 Å². The maximum atomic E-state index is 6.01. The Kier molecular flexibility index (Phi) is 7.77. The van der Waals surface area contributed by atoms with Gasteiger partial charge in [0.2, 0.25) is 0 Å². The maximum Gasteiger partial charge on any atom is 0.0595 e. The van der Waals surface area contributed by atoms with Gasteiger partial charge in [0.05, 0.1) is 16.7 Å². The van der Waals surface area contributed by atoms with Crippen molar-refractivity contribution in [2.24, 2.45) is 5.92 Å². The number of halogens is 2. The highest BCUT2D eigenvalue weighted by atomic mass is 35.5. The molecule has 2 nitrogen and oxygen atoms in total. The first-order valence-electron chi connectivity index (χ1n) is 6.76. The Morgan fingerprint density at radius 3 is 2.47 bits per heavy atom. The summed E-state index contributed by atoms with van der Waals surface area (Å²) in [4.78, 5) is 0. The maximum absolute atomic E-state index is 6.01. The molecule has 0 spiro atoms. The van der Waals surface area contributed by atoms with E-state index in [1.54, 1.807) is 0 Å². The Morgan fingerprint density at radius 2 is 1.84 bits per heavy atom. The van der Waals surface area contributed by atoms with E-state index < -0.39 is 0 Å². The van der Waals surface area contributed by atoms with Crippen molar-refractivity contribution in [3.8, 4) is 0 Å². The molecule has 0 aliphatic carbocycles. The number of nitrogens with one attached hydrogen (secondary N) is 1. The number of hydrogen-bond donors (Lipinski definition) is 1. The number of benzene rings is 1. The first-order chi connectivity index (χ1) is 9.00. The molecule has 0 saturated carbocycles. The third-order valence-electron chi connectivity index (χ3n) is 2.98. The molecule has 0 amide bonds. The molecule has 1 aromatic rings. The lowest BCUT2D eigenvalue weighted by molar-refractivity contribution is 0.123. The first kappa shape index (κ1) is 16.8. The minimum absolute atomic E-state index is 0.239. The summed E-state index contributed by atoms with van der Waals surface area (Å²) in [5.41, 5.74) is 1.14. The molecule has 0 saturated heterocycles. The molecule has 0 aromatic heterocycles. The highest BCUT2D eigenvalue weighted by Gasteiger charge is 2.06. The van der Waals surface area contributed by atoms with Crippen LogP contribution in [0.5, 0.6) is 0 Å². The van der Waals surface area contributed by atoms with Crippen molar-refractivity contribution in [1.82, 2.24) is 5.32 Å². The minimum atomic E-state index is 0.239. The Bertz CT molecular complexity index is 382. The predicted octanol–water partition coefficient (Wildman–Crippen LogP) is 4.71. The van der Waals surface area contributed by atoms with Gasteiger partial charge in [0.15, 0.2) is 0 Å². The van der Waals surface area contributed by atoms with E-state index in [4.69, 9.17) is 27.9 Å². The molecule has 0 heterocycles. The van der Waals surface area contributed by atoms with E-state index in [0.717, 1.165) is 31.7 Å². The molecule has 1 N–H and O–H groups in total. The van der Waals surface area contributed by atoms with Gasteiger partial charge in [-0.1, -0.05) is 43.1 Å². The van der Waals surface area contributed by atoms with Crippen LogP contribution in [0.4, 0.5) is 0 Å². The Labute approximate surface area is 126 Å². The van der Waals surface area contributed by atoms with Crippen molar-refractivity contribution in [3.05, 3.63) is 33.8 Å². The normalized spacial score (nSPS) is 12.9. The summed E-state index contributed by atoms with van der Waals surface area (Å²) in [6.07, 6.45) is 1.11. The largest absolute Gasteiger partial charge is 0.380 e. The van der Waals surface area contributed by atoms with Gasteiger partial charge in [0.1, 0.15) is 0 Å². The van der Waals surface area contributed by atoms with Gasteiger partial charge in [-0.05, 0) is 37.0 Å². The second-order valence-corrected chi connectivity index (χ2v) is 5.96. The zero-order valence-corrected chi connectivity index (χ0v) is 13.4. The van der Waals surface area contributed by atoms with E-state index in [2.05, 4.69) is 26.1 Å². The summed E-state index contributed by atoms with van der Waals surface area (Å²) in [6, 6.07) is 5.96. The molecule has 0 aliphatic rings. The summed E-state index contributed by atoms with van der Waals surface area (Å²) in [5, 5.41) is 4.60. The zero-order valence-electron chi connectivity index (χ0n) is 11.9. The van der Waals surface area contributed by atoms with E-state index in [1.807, 2.05) is 18.2 Å². The fraction of sp³-hybridized carbons (Fsp3) is 0.600. The molecular weight excluding hydrogens is 281 g/mol. The number of hydrogen-bond acceptors (Lipinski definition) is 2. The molecule has 1 atom stereocenters. The van der Waals surface area contributed by atoms with Crippen molar-refractivity contribution < 1.29 is 4.74 Å². The van der Waals surface area contributed by atoms with Crippen LogP contribution in [-0.2, 0) is 4.74 Å². The van der Waals surface area contributed by atoms with Crippen LogP contribution in [0.2, 0.25) is 10.0 Å². The molecule has 1 unspecified atom stereocenters. The lowest BCUT2D eigenvalue weighted by atomic mass is 10.1. The molecule has 0 bridgehead atoms. The van der Waals surface area contributed by atoms with Crippen LogP contribution in [0.1, 0.15) is 38.8 Å². The van der Waals surface area contributed by atoms with E-state index in [-0.39, 0.29) is 6.04 Å². The molecule has 4 heteroatoms. The SMILES string of the molecule is CC(C)CCOCCNC(C)c1ccc(Cl)c(Cl)c1. The van der Waals surface area contributed by atoms with Crippen LogP contribution in [0.15, 0.2) is 18.2 Å². The summed E-state index contributed by atoms with van der Waals surface area (Å²) >= 11 is 11.9. The summed E-state index contributed by atoms with van der Waals surface area (Å²) in [5.74, 6) is 0.697. The predicted molar refractivity (Wildman–Crippen MR) is 83.2 cm³/mol.